The van der Waals surface area contributed by atoms with E-state index in [1.54, 1.807) is 42.5 Å². The number of anilines is 2. The lowest BCUT2D eigenvalue weighted by Gasteiger charge is -2.25. The van der Waals surface area contributed by atoms with Crippen LogP contribution in [-0.2, 0) is 9.59 Å². The van der Waals surface area contributed by atoms with E-state index in [1.165, 1.54) is 12.0 Å². The molecule has 1 heterocycles. The summed E-state index contributed by atoms with van der Waals surface area (Å²) in [4.78, 5) is 39.6. The number of rotatable bonds is 4. The third-order valence-electron chi connectivity index (χ3n) is 5.99. The van der Waals surface area contributed by atoms with Crippen LogP contribution in [0.5, 0.6) is 5.75 Å². The molecular formula is C23H23ClN2O4. The van der Waals surface area contributed by atoms with Crippen LogP contribution in [0.3, 0.4) is 0 Å². The Balaban J connectivity index is 1.52. The van der Waals surface area contributed by atoms with Gasteiger partial charge < -0.3 is 10.1 Å². The van der Waals surface area contributed by atoms with E-state index < -0.39 is 0 Å². The van der Waals surface area contributed by atoms with Crippen LogP contribution in [0, 0.1) is 17.8 Å². The van der Waals surface area contributed by atoms with Crippen LogP contribution >= 0.6 is 11.6 Å². The van der Waals surface area contributed by atoms with Crippen molar-refractivity contribution in [3.63, 3.8) is 0 Å². The topological polar surface area (TPSA) is 75.7 Å². The maximum Gasteiger partial charge on any atom is 0.255 e. The number of imide groups is 1. The molecule has 1 aliphatic heterocycles. The van der Waals surface area contributed by atoms with Gasteiger partial charge in [-0.1, -0.05) is 18.5 Å². The Bertz CT molecular complexity index is 1000. The number of methoxy groups -OCH3 is 1. The number of hydrogen-bond donors (Lipinski definition) is 1. The zero-order valence-electron chi connectivity index (χ0n) is 16.9. The van der Waals surface area contributed by atoms with Crippen LogP contribution in [0.2, 0.25) is 5.02 Å². The van der Waals surface area contributed by atoms with E-state index in [0.717, 1.165) is 19.3 Å². The van der Waals surface area contributed by atoms with E-state index in [9.17, 15) is 14.4 Å². The normalized spacial score (nSPS) is 23.3. The fourth-order valence-electron chi connectivity index (χ4n) is 4.38. The highest BCUT2D eigenvalue weighted by Crippen LogP contribution is 2.42. The first-order valence-corrected chi connectivity index (χ1v) is 10.4. The molecule has 2 aliphatic rings. The van der Waals surface area contributed by atoms with Crippen molar-refractivity contribution in [2.45, 2.75) is 26.2 Å². The second kappa shape index (κ2) is 8.11. The van der Waals surface area contributed by atoms with Crippen molar-refractivity contribution in [3.8, 4) is 5.75 Å². The molecule has 156 valence electrons. The number of fused-ring (bicyclic) bond motifs is 1. The lowest BCUT2D eigenvalue weighted by atomic mass is 9.76. The maximum absolute atomic E-state index is 12.9. The molecule has 1 saturated carbocycles. The summed E-state index contributed by atoms with van der Waals surface area (Å²) in [5.74, 6) is -0.0858. The van der Waals surface area contributed by atoms with Gasteiger partial charge in [0.15, 0.2) is 0 Å². The highest BCUT2D eigenvalue weighted by molar-refractivity contribution is 6.31. The number of amides is 3. The number of nitrogens with one attached hydrogen (secondary N) is 1. The van der Waals surface area contributed by atoms with Crippen LogP contribution in [0.15, 0.2) is 42.5 Å². The molecule has 4 rings (SSSR count). The zero-order chi connectivity index (χ0) is 21.4. The first kappa shape index (κ1) is 20.4. The molecule has 7 heteroatoms. The van der Waals surface area contributed by atoms with Crippen LogP contribution < -0.4 is 15.0 Å². The lowest BCUT2D eigenvalue weighted by molar-refractivity contribution is -0.122. The zero-order valence-corrected chi connectivity index (χ0v) is 17.6. The van der Waals surface area contributed by atoms with Gasteiger partial charge in [-0.25, -0.2) is 0 Å². The Morgan fingerprint density at radius 3 is 2.47 bits per heavy atom. The van der Waals surface area contributed by atoms with Gasteiger partial charge in [0.1, 0.15) is 5.75 Å². The molecule has 6 nitrogen and oxygen atoms in total. The monoisotopic (exact) mass is 426 g/mol. The molecule has 3 atom stereocenters. The van der Waals surface area contributed by atoms with Gasteiger partial charge in [-0.2, -0.15) is 0 Å². The molecule has 1 aliphatic carbocycles. The summed E-state index contributed by atoms with van der Waals surface area (Å²) in [5.41, 5.74) is 1.36. The molecular weight excluding hydrogens is 404 g/mol. The van der Waals surface area contributed by atoms with E-state index in [4.69, 9.17) is 16.3 Å². The summed E-state index contributed by atoms with van der Waals surface area (Å²) in [6.45, 7) is 2.12. The average Bonchev–Trinajstić information content (AvgIpc) is 2.98. The van der Waals surface area contributed by atoms with Gasteiger partial charge in [0.05, 0.1) is 30.3 Å². The van der Waals surface area contributed by atoms with E-state index in [2.05, 4.69) is 12.2 Å². The number of ether oxygens (including phenoxy) is 1. The highest BCUT2D eigenvalue weighted by atomic mass is 35.5. The Kier molecular flexibility index (Phi) is 5.52. The highest BCUT2D eigenvalue weighted by Gasteiger charge is 2.49. The molecule has 1 saturated heterocycles. The lowest BCUT2D eigenvalue weighted by Crippen LogP contribution is -2.30. The predicted octanol–water partition coefficient (Wildman–Crippen LogP) is 4.53. The molecule has 3 amide bonds. The molecule has 0 unspecified atom stereocenters. The standard InChI is InChI=1S/C23H23ClN2O4/c1-13-3-9-17-18(11-13)23(29)26(22(17)28)16-7-4-14(5-8-16)21(27)25-19-12-15(24)6-10-20(19)30-2/h4-8,10,12-13,17-18H,3,9,11H2,1-2H3,(H,25,27)/t13-,17-,18+/m1/s1. The second-order valence-corrected chi connectivity index (χ2v) is 8.43. The van der Waals surface area contributed by atoms with Gasteiger partial charge in [-0.15, -0.1) is 0 Å². The summed E-state index contributed by atoms with van der Waals surface area (Å²) >= 11 is 6.01. The fraction of sp³-hybridized carbons (Fsp3) is 0.348. The fourth-order valence-corrected chi connectivity index (χ4v) is 4.55. The molecule has 2 aromatic rings. The quantitative estimate of drug-likeness (QED) is 0.729. The van der Waals surface area contributed by atoms with Crippen molar-refractivity contribution in [1.82, 2.24) is 0 Å². The van der Waals surface area contributed by atoms with Crippen molar-refractivity contribution >= 4 is 40.7 Å². The van der Waals surface area contributed by atoms with Crippen LogP contribution in [0.1, 0.15) is 36.5 Å². The number of halogens is 1. The van der Waals surface area contributed by atoms with Crippen LogP contribution in [0.25, 0.3) is 0 Å². The number of benzene rings is 2. The molecule has 0 bridgehead atoms. The van der Waals surface area contributed by atoms with E-state index in [1.807, 2.05) is 0 Å². The Morgan fingerprint density at radius 1 is 1.07 bits per heavy atom. The minimum atomic E-state index is -0.344. The maximum atomic E-state index is 12.9. The predicted molar refractivity (Wildman–Crippen MR) is 115 cm³/mol. The minimum absolute atomic E-state index is 0.127. The third-order valence-corrected chi connectivity index (χ3v) is 6.22. The summed E-state index contributed by atoms with van der Waals surface area (Å²) in [6, 6.07) is 11.4. The van der Waals surface area contributed by atoms with Crippen LogP contribution in [-0.4, -0.2) is 24.8 Å². The average molecular weight is 427 g/mol. The van der Waals surface area contributed by atoms with Crippen molar-refractivity contribution in [3.05, 3.63) is 53.1 Å². The first-order valence-electron chi connectivity index (χ1n) is 10.0. The molecule has 0 spiro atoms. The molecule has 30 heavy (non-hydrogen) atoms. The molecule has 2 aromatic carbocycles. The molecule has 1 N–H and O–H groups in total. The van der Waals surface area contributed by atoms with Gasteiger partial charge in [0.2, 0.25) is 11.8 Å². The Hall–Kier alpha value is -2.86. The second-order valence-electron chi connectivity index (χ2n) is 7.99. The minimum Gasteiger partial charge on any atom is -0.495 e. The van der Waals surface area contributed by atoms with E-state index in [-0.39, 0.29) is 29.6 Å². The Morgan fingerprint density at radius 2 is 1.77 bits per heavy atom. The summed E-state index contributed by atoms with van der Waals surface area (Å²) in [6.07, 6.45) is 2.49. The summed E-state index contributed by atoms with van der Waals surface area (Å²) in [5, 5.41) is 3.25. The molecule has 2 fully saturated rings. The van der Waals surface area contributed by atoms with E-state index >= 15 is 0 Å². The Labute approximate surface area is 180 Å². The van der Waals surface area contributed by atoms with Crippen molar-refractivity contribution in [2.75, 3.05) is 17.3 Å². The van der Waals surface area contributed by atoms with Gasteiger partial charge in [0.25, 0.3) is 5.91 Å². The number of nitrogens with zero attached hydrogens (tertiary/aromatic N) is 1. The smallest absolute Gasteiger partial charge is 0.255 e. The van der Waals surface area contributed by atoms with Crippen LogP contribution in [0.4, 0.5) is 11.4 Å². The number of carbonyl (C=O) groups is 3. The molecule has 0 radical (unpaired) electrons. The SMILES string of the molecule is COc1ccc(Cl)cc1NC(=O)c1ccc(N2C(=O)[C@H]3C[C@H](C)CC[C@H]3C2=O)cc1. The summed E-state index contributed by atoms with van der Waals surface area (Å²) < 4.78 is 5.25. The van der Waals surface area contributed by atoms with Gasteiger partial charge in [0, 0.05) is 10.6 Å². The van der Waals surface area contributed by atoms with Crippen molar-refractivity contribution in [2.24, 2.45) is 17.8 Å². The molecule has 0 aromatic heterocycles. The number of carbonyl (C=O) groups excluding carboxylic acids is 3. The van der Waals surface area contributed by atoms with Gasteiger partial charge in [-0.3, -0.25) is 19.3 Å². The number of hydrogen-bond acceptors (Lipinski definition) is 4. The van der Waals surface area contributed by atoms with Crippen molar-refractivity contribution < 1.29 is 19.1 Å². The summed E-state index contributed by atoms with van der Waals surface area (Å²) in [7, 11) is 1.51. The third kappa shape index (κ3) is 3.67. The largest absolute Gasteiger partial charge is 0.495 e. The van der Waals surface area contributed by atoms with E-state index in [0.29, 0.717) is 33.6 Å². The first-order chi connectivity index (χ1) is 14.4. The van der Waals surface area contributed by atoms with Gasteiger partial charge in [-0.05, 0) is 67.6 Å². The van der Waals surface area contributed by atoms with Crippen molar-refractivity contribution in [1.29, 1.82) is 0 Å². The van der Waals surface area contributed by atoms with Gasteiger partial charge >= 0.3 is 0 Å².